The van der Waals surface area contributed by atoms with E-state index in [1.807, 2.05) is 6.92 Å². The summed E-state index contributed by atoms with van der Waals surface area (Å²) < 4.78 is 38.6. The maximum Gasteiger partial charge on any atom is 0.416 e. The summed E-state index contributed by atoms with van der Waals surface area (Å²) in [4.78, 5) is 0. The molecule has 1 heterocycles. The number of benzene rings is 1. The van der Waals surface area contributed by atoms with Gasteiger partial charge in [0.25, 0.3) is 0 Å². The van der Waals surface area contributed by atoms with E-state index in [4.69, 9.17) is 0 Å². The average Bonchev–Trinajstić information content (AvgIpc) is 2.28. The van der Waals surface area contributed by atoms with Crippen molar-refractivity contribution < 1.29 is 13.2 Å². The van der Waals surface area contributed by atoms with Crippen LogP contribution in [0.15, 0.2) is 24.3 Å². The Labute approximate surface area is 99.0 Å². The highest BCUT2D eigenvalue weighted by molar-refractivity contribution is 5.32. The first-order valence-electron chi connectivity index (χ1n) is 5.90. The third-order valence-electron chi connectivity index (χ3n) is 3.26. The number of hydrogen-bond donors (Lipinski definition) is 1. The fraction of sp³-hybridized carbons (Fsp3) is 0.538. The van der Waals surface area contributed by atoms with Crippen LogP contribution in [0.2, 0.25) is 0 Å². The van der Waals surface area contributed by atoms with Crippen LogP contribution in [0.3, 0.4) is 0 Å². The van der Waals surface area contributed by atoms with Gasteiger partial charge in [0.1, 0.15) is 0 Å². The van der Waals surface area contributed by atoms with Crippen molar-refractivity contribution in [3.63, 3.8) is 0 Å². The lowest BCUT2D eigenvalue weighted by molar-refractivity contribution is -0.138. The molecule has 1 N–H and O–H groups in total. The number of hydrogen-bond acceptors (Lipinski definition) is 1. The summed E-state index contributed by atoms with van der Waals surface area (Å²) in [6.45, 7) is 2.02. The quantitative estimate of drug-likeness (QED) is 0.788. The van der Waals surface area contributed by atoms with E-state index in [1.165, 1.54) is 6.07 Å². The number of alkyl halides is 3. The lowest BCUT2D eigenvalue weighted by atomic mass is 9.91. The van der Waals surface area contributed by atoms with Gasteiger partial charge >= 0.3 is 6.18 Å². The first kappa shape index (κ1) is 12.4. The third-order valence-corrected chi connectivity index (χ3v) is 3.26. The molecule has 1 fully saturated rings. The van der Waals surface area contributed by atoms with Gasteiger partial charge in [0.05, 0.1) is 5.56 Å². The summed E-state index contributed by atoms with van der Waals surface area (Å²) in [6.07, 6.45) is -1.48. The number of halogens is 3. The molecule has 94 valence electrons. The molecule has 1 nitrogen and oxygen atoms in total. The standard InChI is InChI=1S/C13H16F3N/c1-9-5-4-8-12(17-9)10-6-2-3-7-11(10)13(14,15)16/h2-3,6-7,9,12,17H,4-5,8H2,1H3. The maximum atomic E-state index is 12.9. The smallest absolute Gasteiger partial charge is 0.307 e. The summed E-state index contributed by atoms with van der Waals surface area (Å²) in [5.41, 5.74) is -0.127. The van der Waals surface area contributed by atoms with E-state index in [9.17, 15) is 13.2 Å². The van der Waals surface area contributed by atoms with Crippen LogP contribution < -0.4 is 5.32 Å². The monoisotopic (exact) mass is 243 g/mol. The molecule has 0 aliphatic carbocycles. The van der Waals surface area contributed by atoms with Crippen molar-refractivity contribution >= 4 is 0 Å². The molecular weight excluding hydrogens is 227 g/mol. The first-order chi connectivity index (χ1) is 7.98. The second kappa shape index (κ2) is 4.69. The second-order valence-corrected chi connectivity index (χ2v) is 4.64. The minimum atomic E-state index is -4.26. The average molecular weight is 243 g/mol. The number of nitrogens with one attached hydrogen (secondary N) is 1. The number of rotatable bonds is 1. The Morgan fingerprint density at radius 1 is 1.18 bits per heavy atom. The Balaban J connectivity index is 2.31. The zero-order valence-electron chi connectivity index (χ0n) is 9.72. The summed E-state index contributed by atoms with van der Waals surface area (Å²) in [7, 11) is 0. The molecule has 1 aromatic rings. The van der Waals surface area contributed by atoms with E-state index in [-0.39, 0.29) is 12.1 Å². The van der Waals surface area contributed by atoms with E-state index in [0.29, 0.717) is 5.56 Å². The molecule has 1 aliphatic heterocycles. The van der Waals surface area contributed by atoms with Gasteiger partial charge in [-0.1, -0.05) is 24.6 Å². The van der Waals surface area contributed by atoms with Crippen LogP contribution in [0.4, 0.5) is 13.2 Å². The van der Waals surface area contributed by atoms with Gasteiger partial charge in [-0.2, -0.15) is 13.2 Å². The molecule has 0 spiro atoms. The lowest BCUT2D eigenvalue weighted by Crippen LogP contribution is -2.35. The summed E-state index contributed by atoms with van der Waals surface area (Å²) in [5.74, 6) is 0. The fourth-order valence-corrected chi connectivity index (χ4v) is 2.44. The summed E-state index contributed by atoms with van der Waals surface area (Å²) in [5, 5.41) is 3.25. The molecule has 0 radical (unpaired) electrons. The minimum Gasteiger partial charge on any atom is -0.307 e. The van der Waals surface area contributed by atoms with Gasteiger partial charge in [0, 0.05) is 12.1 Å². The lowest BCUT2D eigenvalue weighted by Gasteiger charge is -2.30. The zero-order valence-corrected chi connectivity index (χ0v) is 9.72. The topological polar surface area (TPSA) is 12.0 Å². The molecule has 1 aliphatic rings. The highest BCUT2D eigenvalue weighted by Gasteiger charge is 2.35. The van der Waals surface area contributed by atoms with Crippen molar-refractivity contribution in [3.05, 3.63) is 35.4 Å². The van der Waals surface area contributed by atoms with Gasteiger partial charge in [-0.3, -0.25) is 0 Å². The highest BCUT2D eigenvalue weighted by atomic mass is 19.4. The Morgan fingerprint density at radius 2 is 1.88 bits per heavy atom. The minimum absolute atomic E-state index is 0.170. The van der Waals surface area contributed by atoms with Crippen molar-refractivity contribution in [1.82, 2.24) is 5.32 Å². The predicted molar refractivity (Wildman–Crippen MR) is 60.6 cm³/mol. The predicted octanol–water partition coefficient (Wildman–Crippen LogP) is 3.91. The van der Waals surface area contributed by atoms with Crippen molar-refractivity contribution in [2.75, 3.05) is 0 Å². The normalized spacial score (nSPS) is 25.9. The van der Waals surface area contributed by atoms with Crippen molar-refractivity contribution in [2.24, 2.45) is 0 Å². The van der Waals surface area contributed by atoms with Gasteiger partial charge in [0.2, 0.25) is 0 Å². The van der Waals surface area contributed by atoms with Crippen molar-refractivity contribution in [2.45, 2.75) is 44.4 Å². The SMILES string of the molecule is CC1CCCC(c2ccccc2C(F)(F)F)N1. The van der Waals surface area contributed by atoms with Crippen LogP contribution in [-0.2, 0) is 6.18 Å². The molecule has 0 amide bonds. The summed E-state index contributed by atoms with van der Waals surface area (Å²) >= 11 is 0. The fourth-order valence-electron chi connectivity index (χ4n) is 2.44. The van der Waals surface area contributed by atoms with Gasteiger partial charge in [-0.25, -0.2) is 0 Å². The van der Waals surface area contributed by atoms with Gasteiger partial charge < -0.3 is 5.32 Å². The molecule has 0 bridgehead atoms. The second-order valence-electron chi connectivity index (χ2n) is 4.64. The van der Waals surface area contributed by atoms with Crippen molar-refractivity contribution in [3.8, 4) is 0 Å². The first-order valence-corrected chi connectivity index (χ1v) is 5.90. The van der Waals surface area contributed by atoms with E-state index < -0.39 is 11.7 Å². The Morgan fingerprint density at radius 3 is 2.53 bits per heavy atom. The molecule has 1 aromatic carbocycles. The van der Waals surface area contributed by atoms with Crippen LogP contribution in [0.5, 0.6) is 0 Å². The Bertz CT molecular complexity index is 386. The molecule has 1 saturated heterocycles. The van der Waals surface area contributed by atoms with Gasteiger partial charge in [-0.15, -0.1) is 0 Å². The van der Waals surface area contributed by atoms with Crippen LogP contribution in [0.1, 0.15) is 43.4 Å². The van der Waals surface area contributed by atoms with E-state index in [0.717, 1.165) is 25.3 Å². The van der Waals surface area contributed by atoms with Crippen LogP contribution >= 0.6 is 0 Å². The van der Waals surface area contributed by atoms with E-state index >= 15 is 0 Å². The maximum absolute atomic E-state index is 12.9. The largest absolute Gasteiger partial charge is 0.416 e. The van der Waals surface area contributed by atoms with Crippen LogP contribution in [0, 0.1) is 0 Å². The molecule has 0 saturated carbocycles. The summed E-state index contributed by atoms with van der Waals surface area (Å²) in [6, 6.07) is 5.98. The molecular formula is C13H16F3N. The van der Waals surface area contributed by atoms with Crippen molar-refractivity contribution in [1.29, 1.82) is 0 Å². The third kappa shape index (κ3) is 2.80. The van der Waals surface area contributed by atoms with Gasteiger partial charge in [0.15, 0.2) is 0 Å². The van der Waals surface area contributed by atoms with Crippen LogP contribution in [-0.4, -0.2) is 6.04 Å². The Hall–Kier alpha value is -1.03. The zero-order chi connectivity index (χ0) is 12.5. The molecule has 2 atom stereocenters. The molecule has 2 unspecified atom stereocenters. The van der Waals surface area contributed by atoms with E-state index in [2.05, 4.69) is 5.32 Å². The highest BCUT2D eigenvalue weighted by Crippen LogP contribution is 2.37. The van der Waals surface area contributed by atoms with Gasteiger partial charge in [-0.05, 0) is 31.4 Å². The molecule has 17 heavy (non-hydrogen) atoms. The van der Waals surface area contributed by atoms with Crippen LogP contribution in [0.25, 0.3) is 0 Å². The van der Waals surface area contributed by atoms with E-state index in [1.54, 1.807) is 12.1 Å². The Kier molecular flexibility index (Phi) is 3.43. The molecule has 4 heteroatoms. The molecule has 2 rings (SSSR count). The molecule has 0 aromatic heterocycles. The number of piperidine rings is 1.